The van der Waals surface area contributed by atoms with E-state index in [-0.39, 0.29) is 33.2 Å². The average molecular weight is 544 g/mol. The topological polar surface area (TPSA) is 92.8 Å². The zero-order valence-electron chi connectivity index (χ0n) is 17.5. The van der Waals surface area contributed by atoms with E-state index in [9.17, 15) is 19.2 Å². The molecule has 4 atom stereocenters. The molecule has 1 saturated heterocycles. The Hall–Kier alpha value is -2.32. The van der Waals surface area contributed by atoms with Crippen molar-refractivity contribution in [2.75, 3.05) is 16.8 Å². The van der Waals surface area contributed by atoms with Crippen molar-refractivity contribution in [1.82, 2.24) is 0 Å². The summed E-state index contributed by atoms with van der Waals surface area (Å²) >= 11 is 24.1. The molecule has 7 nitrogen and oxygen atoms in total. The second kappa shape index (κ2) is 10.1. The van der Waals surface area contributed by atoms with E-state index in [4.69, 9.17) is 51.1 Å². The third-order valence-corrected chi connectivity index (χ3v) is 7.64. The van der Waals surface area contributed by atoms with Crippen LogP contribution in [0.5, 0.6) is 0 Å². The number of rotatable bonds is 5. The van der Waals surface area contributed by atoms with Gasteiger partial charge in [0.15, 0.2) is 6.61 Å². The Kier molecular flexibility index (Phi) is 7.38. The third kappa shape index (κ3) is 5.03. The fourth-order valence-electron chi connectivity index (χ4n) is 4.08. The van der Waals surface area contributed by atoms with E-state index in [0.717, 1.165) is 4.90 Å². The Morgan fingerprint density at radius 2 is 1.50 bits per heavy atom. The van der Waals surface area contributed by atoms with E-state index >= 15 is 0 Å². The minimum absolute atomic E-state index is 0.157. The zero-order valence-corrected chi connectivity index (χ0v) is 20.5. The number of esters is 1. The van der Waals surface area contributed by atoms with Crippen molar-refractivity contribution in [3.05, 3.63) is 58.1 Å². The van der Waals surface area contributed by atoms with Crippen molar-refractivity contribution in [3.8, 4) is 0 Å². The van der Waals surface area contributed by atoms with Crippen LogP contribution in [0.25, 0.3) is 0 Å². The highest BCUT2D eigenvalue weighted by Gasteiger charge is 2.52. The van der Waals surface area contributed by atoms with Crippen molar-refractivity contribution in [3.63, 3.8) is 0 Å². The molecule has 0 aromatic heterocycles. The number of amides is 3. The van der Waals surface area contributed by atoms with Crippen molar-refractivity contribution in [2.24, 2.45) is 11.8 Å². The standard InChI is InChI=1S/C23H18Cl4N2O5/c24-16-6-3-12(7-17(16)25)28-20(30)10-34-23(33)11-1-4-13(5-2-11)29-21(31)14-8-18(26)19(27)9-15(14)22(29)32/h1-7,14-15,18-19H,8-10H2,(H,28,30)/t14-,15+,18-,19-/m0/s1. The number of hydrogen-bond donors (Lipinski definition) is 1. The molecule has 1 aliphatic heterocycles. The van der Waals surface area contributed by atoms with Gasteiger partial charge >= 0.3 is 5.97 Å². The molecule has 0 unspecified atom stereocenters. The first kappa shape index (κ1) is 24.8. The Morgan fingerprint density at radius 3 is 2.06 bits per heavy atom. The molecule has 0 radical (unpaired) electrons. The number of alkyl halides is 2. The lowest BCUT2D eigenvalue weighted by Gasteiger charge is -2.28. The maximum absolute atomic E-state index is 12.8. The molecule has 2 aromatic rings. The van der Waals surface area contributed by atoms with Gasteiger partial charge in [0.1, 0.15) is 0 Å². The van der Waals surface area contributed by atoms with Gasteiger partial charge in [-0.15, -0.1) is 23.2 Å². The van der Waals surface area contributed by atoms with Crippen LogP contribution in [-0.2, 0) is 19.1 Å². The SMILES string of the molecule is O=C(COC(=O)c1ccc(N2C(=O)[C@H]3C[C@H](Cl)[C@@H](Cl)C[C@H]3C2=O)cc1)Nc1ccc(Cl)c(Cl)c1. The molecular weight excluding hydrogens is 526 g/mol. The predicted octanol–water partition coefficient (Wildman–Crippen LogP) is 4.90. The van der Waals surface area contributed by atoms with Crippen LogP contribution >= 0.6 is 46.4 Å². The Balaban J connectivity index is 1.36. The van der Waals surface area contributed by atoms with Crippen LogP contribution in [0.3, 0.4) is 0 Å². The number of nitrogens with zero attached hydrogens (tertiary/aromatic N) is 1. The largest absolute Gasteiger partial charge is 0.452 e. The molecule has 3 amide bonds. The molecule has 1 N–H and O–H groups in total. The molecule has 0 spiro atoms. The number of ether oxygens (including phenoxy) is 1. The third-order valence-electron chi connectivity index (χ3n) is 5.81. The highest BCUT2D eigenvalue weighted by Crippen LogP contribution is 2.43. The quantitative estimate of drug-likeness (QED) is 0.329. The number of hydrogen-bond acceptors (Lipinski definition) is 5. The Labute approximate surface area is 215 Å². The molecule has 0 bridgehead atoms. The summed E-state index contributed by atoms with van der Waals surface area (Å²) in [5.74, 6) is -2.93. The van der Waals surface area contributed by atoms with Gasteiger partial charge in [0.2, 0.25) is 11.8 Å². The fourth-order valence-corrected chi connectivity index (χ4v) is 4.97. The van der Waals surface area contributed by atoms with Crippen LogP contribution in [0.15, 0.2) is 42.5 Å². The van der Waals surface area contributed by atoms with Crippen LogP contribution in [0.2, 0.25) is 10.0 Å². The van der Waals surface area contributed by atoms with E-state index in [1.807, 2.05) is 0 Å². The number of anilines is 2. The summed E-state index contributed by atoms with van der Waals surface area (Å²) in [6, 6.07) is 10.4. The highest BCUT2D eigenvalue weighted by molar-refractivity contribution is 6.42. The number of imide groups is 1. The second-order valence-electron chi connectivity index (χ2n) is 8.03. The van der Waals surface area contributed by atoms with Crippen LogP contribution in [0.4, 0.5) is 11.4 Å². The monoisotopic (exact) mass is 542 g/mol. The number of carbonyl (C=O) groups excluding carboxylic acids is 4. The van der Waals surface area contributed by atoms with Gasteiger partial charge in [-0.2, -0.15) is 0 Å². The summed E-state index contributed by atoms with van der Waals surface area (Å²) in [6.45, 7) is -0.521. The van der Waals surface area contributed by atoms with E-state index < -0.39 is 30.3 Å². The summed E-state index contributed by atoms with van der Waals surface area (Å²) in [4.78, 5) is 51.2. The normalized spacial score (nSPS) is 24.1. The maximum Gasteiger partial charge on any atom is 0.338 e. The number of fused-ring (bicyclic) bond motifs is 1. The van der Waals surface area contributed by atoms with Gasteiger partial charge < -0.3 is 10.1 Å². The molecule has 34 heavy (non-hydrogen) atoms. The minimum atomic E-state index is -0.737. The lowest BCUT2D eigenvalue weighted by atomic mass is 9.80. The van der Waals surface area contributed by atoms with Crippen LogP contribution < -0.4 is 10.2 Å². The van der Waals surface area contributed by atoms with Crippen molar-refractivity contribution >= 4 is 81.5 Å². The summed E-state index contributed by atoms with van der Waals surface area (Å²) in [5, 5.41) is 2.42. The minimum Gasteiger partial charge on any atom is -0.452 e. The first-order valence-corrected chi connectivity index (χ1v) is 12.0. The molecule has 4 rings (SSSR count). The van der Waals surface area contributed by atoms with Crippen molar-refractivity contribution in [2.45, 2.75) is 23.6 Å². The number of nitrogens with one attached hydrogen (secondary N) is 1. The molecule has 2 aromatic carbocycles. The van der Waals surface area contributed by atoms with Crippen molar-refractivity contribution < 1.29 is 23.9 Å². The lowest BCUT2D eigenvalue weighted by molar-refractivity contribution is -0.122. The smallest absolute Gasteiger partial charge is 0.338 e. The first-order valence-electron chi connectivity index (χ1n) is 10.3. The zero-order chi connectivity index (χ0) is 24.6. The van der Waals surface area contributed by atoms with Gasteiger partial charge in [-0.05, 0) is 55.3 Å². The van der Waals surface area contributed by atoms with Gasteiger partial charge in [-0.3, -0.25) is 19.3 Å². The lowest BCUT2D eigenvalue weighted by Crippen LogP contribution is -2.34. The summed E-state index contributed by atoms with van der Waals surface area (Å²) in [5.41, 5.74) is 0.904. The van der Waals surface area contributed by atoms with Crippen molar-refractivity contribution in [1.29, 1.82) is 0 Å². The molecule has 178 valence electrons. The highest BCUT2D eigenvalue weighted by atomic mass is 35.5. The fraction of sp³-hybridized carbons (Fsp3) is 0.304. The molecule has 2 fully saturated rings. The van der Waals surface area contributed by atoms with E-state index in [1.165, 1.54) is 36.4 Å². The van der Waals surface area contributed by atoms with E-state index in [2.05, 4.69) is 5.32 Å². The van der Waals surface area contributed by atoms with Gasteiger partial charge in [0, 0.05) is 5.69 Å². The Bertz CT molecular complexity index is 1130. The number of halogens is 4. The molecule has 11 heteroatoms. The van der Waals surface area contributed by atoms with Crippen LogP contribution in [0, 0.1) is 11.8 Å². The number of benzene rings is 2. The van der Waals surface area contributed by atoms with Gasteiger partial charge in [-0.25, -0.2) is 4.79 Å². The first-order chi connectivity index (χ1) is 16.2. The summed E-state index contributed by atoms with van der Waals surface area (Å²) in [6.07, 6.45) is 0.687. The second-order valence-corrected chi connectivity index (χ2v) is 9.96. The van der Waals surface area contributed by atoms with E-state index in [1.54, 1.807) is 6.07 Å². The molecular formula is C23H18Cl4N2O5. The average Bonchev–Trinajstić information content (AvgIpc) is 3.04. The van der Waals surface area contributed by atoms with Crippen LogP contribution in [-0.4, -0.2) is 41.1 Å². The predicted molar refractivity (Wildman–Crippen MR) is 130 cm³/mol. The van der Waals surface area contributed by atoms with Gasteiger partial charge in [-0.1, -0.05) is 23.2 Å². The summed E-state index contributed by atoms with van der Waals surface area (Å²) in [7, 11) is 0. The van der Waals surface area contributed by atoms with E-state index in [0.29, 0.717) is 29.2 Å². The maximum atomic E-state index is 12.8. The molecule has 1 heterocycles. The van der Waals surface area contributed by atoms with Gasteiger partial charge in [0.05, 0.1) is 43.9 Å². The number of carbonyl (C=O) groups is 4. The van der Waals surface area contributed by atoms with Gasteiger partial charge in [0.25, 0.3) is 5.91 Å². The Morgan fingerprint density at radius 1 is 0.912 bits per heavy atom. The molecule has 2 aliphatic rings. The van der Waals surface area contributed by atoms with Crippen LogP contribution in [0.1, 0.15) is 23.2 Å². The summed E-state index contributed by atoms with van der Waals surface area (Å²) < 4.78 is 5.04. The molecule has 1 aliphatic carbocycles. The molecule has 1 saturated carbocycles.